The minimum absolute atomic E-state index is 0.00471. The molecule has 1 aromatic carbocycles. The summed E-state index contributed by atoms with van der Waals surface area (Å²) in [7, 11) is 0. The highest BCUT2D eigenvalue weighted by molar-refractivity contribution is 6.32. The molecule has 0 amide bonds. The average Bonchev–Trinajstić information content (AvgIpc) is 2.38. The number of rotatable bonds is 3. The predicted octanol–water partition coefficient (Wildman–Crippen LogP) is 4.21. The van der Waals surface area contributed by atoms with Crippen molar-refractivity contribution >= 4 is 17.3 Å². The Balaban J connectivity index is 2.34. The number of benzene rings is 1. The summed E-state index contributed by atoms with van der Waals surface area (Å²) in [6.07, 6.45) is -3.79. The highest BCUT2D eigenvalue weighted by Crippen LogP contribution is 2.31. The molecule has 1 heterocycles. The van der Waals surface area contributed by atoms with E-state index in [0.29, 0.717) is 5.56 Å². The molecule has 21 heavy (non-hydrogen) atoms. The Morgan fingerprint density at radius 2 is 1.86 bits per heavy atom. The summed E-state index contributed by atoms with van der Waals surface area (Å²) in [5, 5.41) is 10.7. The van der Waals surface area contributed by atoms with Crippen molar-refractivity contribution in [1.29, 1.82) is 0 Å². The summed E-state index contributed by atoms with van der Waals surface area (Å²) < 4.78 is 39.9. The molecule has 0 fully saturated rings. The highest BCUT2D eigenvalue weighted by Gasteiger charge is 2.31. The van der Waals surface area contributed by atoms with Crippen molar-refractivity contribution in [1.82, 2.24) is 4.98 Å². The van der Waals surface area contributed by atoms with Crippen molar-refractivity contribution in [3.63, 3.8) is 0 Å². The second kappa shape index (κ2) is 5.57. The third kappa shape index (κ3) is 3.82. The van der Waals surface area contributed by atoms with Gasteiger partial charge in [0, 0.05) is 11.6 Å². The average molecular weight is 319 g/mol. The van der Waals surface area contributed by atoms with Crippen LogP contribution in [0.4, 0.5) is 18.9 Å². The minimum Gasteiger partial charge on any atom is -0.406 e. The molecule has 0 aliphatic rings. The van der Waals surface area contributed by atoms with Crippen LogP contribution in [0.3, 0.4) is 0 Å². The number of halogens is 4. The molecule has 0 spiro atoms. The van der Waals surface area contributed by atoms with Crippen LogP contribution in [0.15, 0.2) is 36.5 Å². The van der Waals surface area contributed by atoms with E-state index in [-0.39, 0.29) is 16.4 Å². The summed E-state index contributed by atoms with van der Waals surface area (Å²) in [5.41, 5.74) is 0.347. The summed E-state index contributed by atoms with van der Waals surface area (Å²) in [5.74, 6) is -0.402. The number of alkyl halides is 3. The smallest absolute Gasteiger partial charge is 0.406 e. The van der Waals surface area contributed by atoms with Crippen LogP contribution < -0.4 is 4.74 Å². The predicted molar refractivity (Wildman–Crippen MR) is 68.0 cm³/mol. The molecule has 0 aliphatic carbocycles. The third-order valence-electron chi connectivity index (χ3n) is 2.43. The van der Waals surface area contributed by atoms with Gasteiger partial charge in [0.05, 0.1) is 4.92 Å². The van der Waals surface area contributed by atoms with Crippen molar-refractivity contribution in [2.75, 3.05) is 0 Å². The van der Waals surface area contributed by atoms with Gasteiger partial charge in [-0.3, -0.25) is 10.1 Å². The fourth-order valence-corrected chi connectivity index (χ4v) is 1.79. The number of pyridine rings is 1. The maximum Gasteiger partial charge on any atom is 0.573 e. The number of nitro groups is 1. The van der Waals surface area contributed by atoms with E-state index in [2.05, 4.69) is 9.72 Å². The normalized spacial score (nSPS) is 11.2. The van der Waals surface area contributed by atoms with Crippen LogP contribution in [-0.4, -0.2) is 16.3 Å². The number of hydrogen-bond acceptors (Lipinski definition) is 4. The van der Waals surface area contributed by atoms with Crippen LogP contribution in [0.1, 0.15) is 0 Å². The van der Waals surface area contributed by atoms with E-state index < -0.39 is 17.0 Å². The van der Waals surface area contributed by atoms with Crippen molar-refractivity contribution in [2.45, 2.75) is 6.36 Å². The Kier molecular flexibility index (Phi) is 3.99. The molecule has 0 radical (unpaired) electrons. The van der Waals surface area contributed by atoms with Gasteiger partial charge in [-0.25, -0.2) is 4.98 Å². The Bertz CT molecular complexity index is 674. The molecule has 0 atom stereocenters. The number of aromatic nitrogens is 1. The second-order valence-corrected chi connectivity index (χ2v) is 4.22. The maximum atomic E-state index is 12.0. The zero-order valence-electron chi connectivity index (χ0n) is 10.1. The summed E-state index contributed by atoms with van der Waals surface area (Å²) >= 11 is 5.84. The monoisotopic (exact) mass is 318 g/mol. The molecule has 5 nitrogen and oxygen atoms in total. The van der Waals surface area contributed by atoms with Gasteiger partial charge in [-0.05, 0) is 17.7 Å². The van der Waals surface area contributed by atoms with Crippen LogP contribution >= 0.6 is 11.6 Å². The Labute approximate surface area is 121 Å². The Hall–Kier alpha value is -2.35. The largest absolute Gasteiger partial charge is 0.573 e. The van der Waals surface area contributed by atoms with Crippen molar-refractivity contribution in [3.8, 4) is 16.9 Å². The van der Waals surface area contributed by atoms with E-state index in [0.717, 1.165) is 18.3 Å². The molecule has 9 heteroatoms. The van der Waals surface area contributed by atoms with E-state index in [9.17, 15) is 23.3 Å². The molecule has 0 aliphatic heterocycles. The van der Waals surface area contributed by atoms with E-state index >= 15 is 0 Å². The lowest BCUT2D eigenvalue weighted by Crippen LogP contribution is -2.16. The standard InChI is InChI=1S/C12H6ClF3N2O3/c13-11-10(5-8(6-17-11)18(19)20)7-1-3-9(4-2-7)21-12(14,15)16/h1-6H. The highest BCUT2D eigenvalue weighted by atomic mass is 35.5. The number of nitrogens with zero attached hydrogens (tertiary/aromatic N) is 2. The Morgan fingerprint density at radius 1 is 1.24 bits per heavy atom. The van der Waals surface area contributed by atoms with Gasteiger partial charge in [-0.2, -0.15) is 0 Å². The molecule has 0 N–H and O–H groups in total. The molecule has 0 saturated heterocycles. The molecule has 110 valence electrons. The van der Waals surface area contributed by atoms with Crippen molar-refractivity contribution in [2.24, 2.45) is 0 Å². The van der Waals surface area contributed by atoms with Crippen molar-refractivity contribution in [3.05, 3.63) is 51.8 Å². The zero-order valence-corrected chi connectivity index (χ0v) is 10.9. The summed E-state index contributed by atoms with van der Waals surface area (Å²) in [4.78, 5) is 13.7. The van der Waals surface area contributed by atoms with Gasteiger partial charge in [0.15, 0.2) is 0 Å². The van der Waals surface area contributed by atoms with E-state index in [1.165, 1.54) is 18.2 Å². The fraction of sp³-hybridized carbons (Fsp3) is 0.0833. The quantitative estimate of drug-likeness (QED) is 0.483. The van der Waals surface area contributed by atoms with Crippen LogP contribution in [0.2, 0.25) is 5.15 Å². The molecule has 0 saturated carbocycles. The fourth-order valence-electron chi connectivity index (χ4n) is 1.58. The van der Waals surface area contributed by atoms with Gasteiger partial charge >= 0.3 is 6.36 Å². The molecule has 2 aromatic rings. The zero-order chi connectivity index (χ0) is 15.6. The van der Waals surface area contributed by atoms with Gasteiger partial charge in [0.2, 0.25) is 0 Å². The topological polar surface area (TPSA) is 65.3 Å². The lowest BCUT2D eigenvalue weighted by atomic mass is 10.1. The van der Waals surface area contributed by atoms with Crippen LogP contribution in [0.5, 0.6) is 5.75 Å². The first kappa shape index (κ1) is 15.0. The van der Waals surface area contributed by atoms with Gasteiger partial charge in [-0.15, -0.1) is 13.2 Å². The lowest BCUT2D eigenvalue weighted by Gasteiger charge is -2.09. The van der Waals surface area contributed by atoms with Crippen LogP contribution in [0.25, 0.3) is 11.1 Å². The lowest BCUT2D eigenvalue weighted by molar-refractivity contribution is -0.385. The minimum atomic E-state index is -4.79. The Morgan fingerprint density at radius 3 is 2.38 bits per heavy atom. The molecular formula is C12H6ClF3N2O3. The van der Waals surface area contributed by atoms with Crippen LogP contribution in [-0.2, 0) is 0 Å². The number of ether oxygens (including phenoxy) is 1. The summed E-state index contributed by atoms with van der Waals surface area (Å²) in [6, 6.07) is 5.95. The SMILES string of the molecule is O=[N+]([O-])c1cnc(Cl)c(-c2ccc(OC(F)(F)F)cc2)c1. The molecule has 0 unspecified atom stereocenters. The van der Waals surface area contributed by atoms with Crippen LogP contribution in [0, 0.1) is 10.1 Å². The first-order valence-electron chi connectivity index (χ1n) is 5.42. The number of hydrogen-bond donors (Lipinski definition) is 0. The molecule has 1 aromatic heterocycles. The van der Waals surface area contributed by atoms with Gasteiger partial charge in [0.1, 0.15) is 17.1 Å². The molecule has 2 rings (SSSR count). The first-order valence-corrected chi connectivity index (χ1v) is 5.80. The van der Waals surface area contributed by atoms with Gasteiger partial charge in [-0.1, -0.05) is 23.7 Å². The van der Waals surface area contributed by atoms with Gasteiger partial charge in [0.25, 0.3) is 5.69 Å². The maximum absolute atomic E-state index is 12.0. The summed E-state index contributed by atoms with van der Waals surface area (Å²) in [6.45, 7) is 0. The third-order valence-corrected chi connectivity index (χ3v) is 2.74. The van der Waals surface area contributed by atoms with E-state index in [1.807, 2.05) is 0 Å². The van der Waals surface area contributed by atoms with Crippen molar-refractivity contribution < 1.29 is 22.8 Å². The first-order chi connectivity index (χ1) is 9.76. The van der Waals surface area contributed by atoms with E-state index in [4.69, 9.17) is 11.6 Å². The second-order valence-electron chi connectivity index (χ2n) is 3.86. The molecular weight excluding hydrogens is 313 g/mol. The van der Waals surface area contributed by atoms with Gasteiger partial charge < -0.3 is 4.74 Å². The van der Waals surface area contributed by atoms with E-state index in [1.54, 1.807) is 0 Å². The molecule has 0 bridgehead atoms.